The predicted octanol–water partition coefficient (Wildman–Crippen LogP) is 4.31. The van der Waals surface area contributed by atoms with Gasteiger partial charge in [0, 0.05) is 0 Å². The Bertz CT molecular complexity index is 510. The van der Waals surface area contributed by atoms with Crippen molar-refractivity contribution in [2.75, 3.05) is 0 Å². The number of allylic oxidation sites excluding steroid dienone is 1. The molecular formula is C21H34O2. The van der Waals surface area contributed by atoms with Crippen molar-refractivity contribution < 1.29 is 10.2 Å². The highest BCUT2D eigenvalue weighted by atomic mass is 16.3. The summed E-state index contributed by atoms with van der Waals surface area (Å²) in [6.07, 6.45) is 11.6. The van der Waals surface area contributed by atoms with Crippen LogP contribution in [0.2, 0.25) is 0 Å². The van der Waals surface area contributed by atoms with Crippen LogP contribution in [0.5, 0.6) is 0 Å². The molecule has 2 nitrogen and oxygen atoms in total. The first-order valence-electron chi connectivity index (χ1n) is 9.93. The molecule has 8 atom stereocenters. The summed E-state index contributed by atoms with van der Waals surface area (Å²) < 4.78 is 0. The standard InChI is InChI=1S/C21H34O2/c1-13(22)17-6-7-18-16-5-4-14-12-15(23)8-10-20(14,2)19(16)9-11-21(17,18)3/h12-13,15-19,22-23H,4-11H2,1-3H3/t13?,15-,16?,17?,18?,19?,20?,21?/m0/s1. The molecule has 4 rings (SSSR count). The first-order valence-corrected chi connectivity index (χ1v) is 9.93. The lowest BCUT2D eigenvalue weighted by Crippen LogP contribution is -2.51. The fourth-order valence-corrected chi connectivity index (χ4v) is 7.54. The molecule has 0 amide bonds. The average molecular weight is 319 g/mol. The van der Waals surface area contributed by atoms with Crippen molar-refractivity contribution in [1.29, 1.82) is 0 Å². The first kappa shape index (κ1) is 16.1. The maximum atomic E-state index is 10.3. The molecule has 0 aliphatic heterocycles. The van der Waals surface area contributed by atoms with Crippen LogP contribution in [0.4, 0.5) is 0 Å². The van der Waals surface area contributed by atoms with Gasteiger partial charge in [0.05, 0.1) is 12.2 Å². The lowest BCUT2D eigenvalue weighted by Gasteiger charge is -2.58. The van der Waals surface area contributed by atoms with Crippen molar-refractivity contribution in [1.82, 2.24) is 0 Å². The normalized spacial score (nSPS) is 53.8. The summed E-state index contributed by atoms with van der Waals surface area (Å²) >= 11 is 0. The quantitative estimate of drug-likeness (QED) is 0.707. The molecule has 130 valence electrons. The Morgan fingerprint density at radius 1 is 1.04 bits per heavy atom. The highest BCUT2D eigenvalue weighted by Gasteiger charge is 2.59. The van der Waals surface area contributed by atoms with E-state index in [1.54, 1.807) is 5.57 Å². The minimum atomic E-state index is -0.199. The molecule has 2 heteroatoms. The Balaban J connectivity index is 1.64. The zero-order valence-electron chi connectivity index (χ0n) is 15.1. The molecule has 4 aliphatic carbocycles. The summed E-state index contributed by atoms with van der Waals surface area (Å²) in [7, 11) is 0. The van der Waals surface area contributed by atoms with E-state index in [0.29, 0.717) is 16.7 Å². The Kier molecular flexibility index (Phi) is 3.74. The maximum absolute atomic E-state index is 10.3. The summed E-state index contributed by atoms with van der Waals surface area (Å²) in [5.74, 6) is 2.97. The van der Waals surface area contributed by atoms with Gasteiger partial charge in [0.1, 0.15) is 0 Å². The molecular weight excluding hydrogens is 284 g/mol. The van der Waals surface area contributed by atoms with Crippen molar-refractivity contribution in [2.45, 2.75) is 84.3 Å². The van der Waals surface area contributed by atoms with Crippen LogP contribution in [0.1, 0.15) is 72.1 Å². The Hall–Kier alpha value is -0.340. The lowest BCUT2D eigenvalue weighted by atomic mass is 9.46. The minimum Gasteiger partial charge on any atom is -0.393 e. The number of hydrogen-bond donors (Lipinski definition) is 2. The number of fused-ring (bicyclic) bond motifs is 5. The zero-order valence-corrected chi connectivity index (χ0v) is 15.1. The molecule has 0 heterocycles. The van der Waals surface area contributed by atoms with Crippen LogP contribution in [0.3, 0.4) is 0 Å². The number of aliphatic hydroxyl groups is 2. The molecule has 0 radical (unpaired) electrons. The third kappa shape index (κ3) is 2.20. The van der Waals surface area contributed by atoms with E-state index in [9.17, 15) is 10.2 Å². The third-order valence-electron chi connectivity index (χ3n) is 8.74. The van der Waals surface area contributed by atoms with Gasteiger partial charge in [-0.3, -0.25) is 0 Å². The van der Waals surface area contributed by atoms with Crippen molar-refractivity contribution >= 4 is 0 Å². The molecule has 0 saturated heterocycles. The topological polar surface area (TPSA) is 40.5 Å². The number of hydrogen-bond acceptors (Lipinski definition) is 2. The van der Waals surface area contributed by atoms with E-state index in [0.717, 1.165) is 24.2 Å². The minimum absolute atomic E-state index is 0.152. The second kappa shape index (κ2) is 5.33. The number of rotatable bonds is 1. The zero-order chi connectivity index (χ0) is 16.4. The molecule has 0 bridgehead atoms. The van der Waals surface area contributed by atoms with Gasteiger partial charge in [-0.15, -0.1) is 0 Å². The fourth-order valence-electron chi connectivity index (χ4n) is 7.54. The maximum Gasteiger partial charge on any atom is 0.0724 e. The first-order chi connectivity index (χ1) is 10.9. The van der Waals surface area contributed by atoms with E-state index < -0.39 is 0 Å². The lowest BCUT2D eigenvalue weighted by molar-refractivity contribution is -0.0725. The molecule has 0 spiro atoms. The molecule has 3 fully saturated rings. The van der Waals surface area contributed by atoms with Crippen LogP contribution in [-0.4, -0.2) is 22.4 Å². The van der Waals surface area contributed by atoms with E-state index in [-0.39, 0.29) is 12.2 Å². The summed E-state index contributed by atoms with van der Waals surface area (Å²) in [4.78, 5) is 0. The van der Waals surface area contributed by atoms with Crippen molar-refractivity contribution in [2.24, 2.45) is 34.5 Å². The van der Waals surface area contributed by atoms with Crippen molar-refractivity contribution in [3.8, 4) is 0 Å². The Morgan fingerprint density at radius 3 is 2.57 bits per heavy atom. The van der Waals surface area contributed by atoms with Gasteiger partial charge in [0.15, 0.2) is 0 Å². The van der Waals surface area contributed by atoms with Gasteiger partial charge >= 0.3 is 0 Å². The van der Waals surface area contributed by atoms with E-state index >= 15 is 0 Å². The summed E-state index contributed by atoms with van der Waals surface area (Å²) in [6.45, 7) is 6.98. The van der Waals surface area contributed by atoms with Crippen LogP contribution in [-0.2, 0) is 0 Å². The molecule has 23 heavy (non-hydrogen) atoms. The summed E-state index contributed by atoms with van der Waals surface area (Å²) in [5.41, 5.74) is 2.26. The number of aliphatic hydroxyl groups excluding tert-OH is 2. The predicted molar refractivity (Wildman–Crippen MR) is 92.9 cm³/mol. The molecule has 0 aromatic heterocycles. The van der Waals surface area contributed by atoms with E-state index in [1.807, 2.05) is 6.92 Å². The van der Waals surface area contributed by atoms with Crippen LogP contribution >= 0.6 is 0 Å². The monoisotopic (exact) mass is 318 g/mol. The SMILES string of the molecule is CC(O)C1CCC2C3CCC4=C[C@@H](O)CCC4(C)C3CCC12C. The highest BCUT2D eigenvalue weighted by molar-refractivity contribution is 5.25. The Morgan fingerprint density at radius 2 is 1.83 bits per heavy atom. The van der Waals surface area contributed by atoms with Crippen LogP contribution < -0.4 is 0 Å². The summed E-state index contributed by atoms with van der Waals surface area (Å²) in [5, 5.41) is 20.3. The van der Waals surface area contributed by atoms with Gasteiger partial charge in [-0.2, -0.15) is 0 Å². The van der Waals surface area contributed by atoms with Crippen LogP contribution in [0.15, 0.2) is 11.6 Å². The van der Waals surface area contributed by atoms with E-state index in [4.69, 9.17) is 0 Å². The second-order valence-electron chi connectivity index (χ2n) is 9.60. The van der Waals surface area contributed by atoms with Crippen molar-refractivity contribution in [3.63, 3.8) is 0 Å². The summed E-state index contributed by atoms with van der Waals surface area (Å²) in [6, 6.07) is 0. The van der Waals surface area contributed by atoms with Crippen molar-refractivity contribution in [3.05, 3.63) is 11.6 Å². The van der Waals surface area contributed by atoms with Gasteiger partial charge in [0.25, 0.3) is 0 Å². The average Bonchev–Trinajstić information content (AvgIpc) is 2.85. The highest BCUT2D eigenvalue weighted by Crippen LogP contribution is 2.67. The molecule has 3 saturated carbocycles. The van der Waals surface area contributed by atoms with E-state index in [1.165, 1.54) is 44.9 Å². The molecule has 4 aliphatic rings. The van der Waals surface area contributed by atoms with Gasteiger partial charge in [-0.25, -0.2) is 0 Å². The fraction of sp³-hybridized carbons (Fsp3) is 0.905. The van der Waals surface area contributed by atoms with Crippen LogP contribution in [0.25, 0.3) is 0 Å². The second-order valence-corrected chi connectivity index (χ2v) is 9.60. The third-order valence-corrected chi connectivity index (χ3v) is 8.74. The van der Waals surface area contributed by atoms with Gasteiger partial charge in [0.2, 0.25) is 0 Å². The van der Waals surface area contributed by atoms with Crippen LogP contribution in [0, 0.1) is 34.5 Å². The molecule has 0 aromatic carbocycles. The molecule has 7 unspecified atom stereocenters. The smallest absolute Gasteiger partial charge is 0.0724 e. The van der Waals surface area contributed by atoms with Gasteiger partial charge in [-0.05, 0) is 92.8 Å². The molecule has 0 aromatic rings. The molecule has 2 N–H and O–H groups in total. The van der Waals surface area contributed by atoms with Gasteiger partial charge < -0.3 is 10.2 Å². The van der Waals surface area contributed by atoms with Gasteiger partial charge in [-0.1, -0.05) is 25.5 Å². The Labute approximate surface area is 141 Å². The van der Waals surface area contributed by atoms with E-state index in [2.05, 4.69) is 19.9 Å². The largest absolute Gasteiger partial charge is 0.393 e.